The highest BCUT2D eigenvalue weighted by Crippen LogP contribution is 2.28. The number of imide groups is 1. The van der Waals surface area contributed by atoms with Crippen molar-refractivity contribution in [3.8, 4) is 0 Å². The lowest BCUT2D eigenvalue weighted by Gasteiger charge is -2.28. The molecule has 3 aromatic carbocycles. The lowest BCUT2D eigenvalue weighted by molar-refractivity contribution is -0.122. The van der Waals surface area contributed by atoms with Crippen molar-refractivity contribution in [3.63, 3.8) is 0 Å². The Labute approximate surface area is 203 Å². The average Bonchev–Trinajstić information content (AvgIpc) is 3.18. The second kappa shape index (κ2) is 10.3. The number of nitrogens with zero attached hydrogens (tertiary/aromatic N) is 2. The standard InChI is InChI=1S/C28H26N2O5/c1-19-8-6-7-11-23(19)26(32)29(17-16-20-9-4-3-5-10-20)24-18-25(31)30(27(24)33)22-14-12-21(13-15-22)28(34)35-2/h3-15,24H,16-18H2,1-2H3. The molecule has 4 rings (SSSR count). The van der Waals surface area contributed by atoms with Crippen LogP contribution in [0.15, 0.2) is 78.9 Å². The van der Waals surface area contributed by atoms with Crippen molar-refractivity contribution in [2.24, 2.45) is 0 Å². The molecule has 0 aliphatic carbocycles. The monoisotopic (exact) mass is 470 g/mol. The van der Waals surface area contributed by atoms with Crippen LogP contribution in [0.5, 0.6) is 0 Å². The quantitative estimate of drug-likeness (QED) is 0.387. The van der Waals surface area contributed by atoms with Crippen molar-refractivity contribution in [1.29, 1.82) is 0 Å². The molecule has 7 nitrogen and oxygen atoms in total. The number of benzene rings is 3. The van der Waals surface area contributed by atoms with E-state index in [1.54, 1.807) is 12.1 Å². The maximum atomic E-state index is 13.6. The number of esters is 1. The number of methoxy groups -OCH3 is 1. The predicted molar refractivity (Wildman–Crippen MR) is 131 cm³/mol. The van der Waals surface area contributed by atoms with Crippen LogP contribution < -0.4 is 4.90 Å². The van der Waals surface area contributed by atoms with Crippen molar-refractivity contribution < 1.29 is 23.9 Å². The van der Waals surface area contributed by atoms with Crippen LogP contribution in [0.25, 0.3) is 0 Å². The summed E-state index contributed by atoms with van der Waals surface area (Å²) in [5.74, 6) is -1.65. The number of hydrogen-bond acceptors (Lipinski definition) is 5. The molecule has 1 saturated heterocycles. The molecule has 0 saturated carbocycles. The van der Waals surface area contributed by atoms with Gasteiger partial charge < -0.3 is 9.64 Å². The van der Waals surface area contributed by atoms with Crippen LogP contribution in [-0.4, -0.2) is 48.3 Å². The molecule has 1 aliphatic heterocycles. The van der Waals surface area contributed by atoms with E-state index in [4.69, 9.17) is 4.74 Å². The second-order valence-corrected chi connectivity index (χ2v) is 8.37. The van der Waals surface area contributed by atoms with E-state index in [9.17, 15) is 19.2 Å². The van der Waals surface area contributed by atoms with Crippen LogP contribution in [-0.2, 0) is 20.7 Å². The zero-order valence-electron chi connectivity index (χ0n) is 19.6. The van der Waals surface area contributed by atoms with E-state index in [-0.39, 0.29) is 18.9 Å². The van der Waals surface area contributed by atoms with Gasteiger partial charge in [0.05, 0.1) is 24.8 Å². The first-order chi connectivity index (χ1) is 16.9. The van der Waals surface area contributed by atoms with Gasteiger partial charge in [0.2, 0.25) is 5.91 Å². The number of carbonyl (C=O) groups excluding carboxylic acids is 4. The molecule has 0 N–H and O–H groups in total. The van der Waals surface area contributed by atoms with Gasteiger partial charge in [0.1, 0.15) is 6.04 Å². The Balaban J connectivity index is 1.63. The van der Waals surface area contributed by atoms with E-state index < -0.39 is 23.8 Å². The largest absolute Gasteiger partial charge is 0.465 e. The molecule has 1 atom stereocenters. The molecule has 178 valence electrons. The van der Waals surface area contributed by atoms with E-state index in [0.29, 0.717) is 23.2 Å². The summed E-state index contributed by atoms with van der Waals surface area (Å²) in [6.45, 7) is 2.13. The van der Waals surface area contributed by atoms with Gasteiger partial charge in [-0.25, -0.2) is 9.69 Å². The number of rotatable bonds is 7. The van der Waals surface area contributed by atoms with E-state index >= 15 is 0 Å². The molecule has 0 spiro atoms. The fraction of sp³-hybridized carbons (Fsp3) is 0.214. The van der Waals surface area contributed by atoms with Gasteiger partial charge in [-0.2, -0.15) is 0 Å². The van der Waals surface area contributed by atoms with Crippen LogP contribution in [0, 0.1) is 6.92 Å². The minimum absolute atomic E-state index is 0.107. The Kier molecular flexibility index (Phi) is 7.06. The lowest BCUT2D eigenvalue weighted by Crippen LogP contribution is -2.46. The summed E-state index contributed by atoms with van der Waals surface area (Å²) in [5.41, 5.74) is 2.99. The van der Waals surface area contributed by atoms with Crippen LogP contribution >= 0.6 is 0 Å². The van der Waals surface area contributed by atoms with Crippen LogP contribution in [0.3, 0.4) is 0 Å². The summed E-state index contributed by atoms with van der Waals surface area (Å²) in [5, 5.41) is 0. The Morgan fingerprint density at radius 2 is 1.60 bits per heavy atom. The van der Waals surface area contributed by atoms with Gasteiger partial charge in [0.15, 0.2) is 0 Å². The second-order valence-electron chi connectivity index (χ2n) is 8.37. The third-order valence-corrected chi connectivity index (χ3v) is 6.17. The summed E-state index contributed by atoms with van der Waals surface area (Å²) in [7, 11) is 1.28. The summed E-state index contributed by atoms with van der Waals surface area (Å²) in [6.07, 6.45) is 0.439. The summed E-state index contributed by atoms with van der Waals surface area (Å²) < 4.78 is 4.70. The third-order valence-electron chi connectivity index (χ3n) is 6.17. The van der Waals surface area contributed by atoms with Gasteiger partial charge in [-0.3, -0.25) is 14.4 Å². The Morgan fingerprint density at radius 3 is 2.26 bits per heavy atom. The van der Waals surface area contributed by atoms with Crippen molar-refractivity contribution >= 4 is 29.4 Å². The van der Waals surface area contributed by atoms with Gasteiger partial charge in [-0.1, -0.05) is 48.5 Å². The Bertz CT molecular complexity index is 1250. The molecule has 3 amide bonds. The highest BCUT2D eigenvalue weighted by molar-refractivity contribution is 6.23. The first-order valence-electron chi connectivity index (χ1n) is 11.4. The van der Waals surface area contributed by atoms with Gasteiger partial charge >= 0.3 is 5.97 Å². The van der Waals surface area contributed by atoms with Crippen LogP contribution in [0.4, 0.5) is 5.69 Å². The average molecular weight is 471 g/mol. The summed E-state index contributed by atoms with van der Waals surface area (Å²) in [6, 6.07) is 22.1. The molecule has 1 aliphatic rings. The van der Waals surface area contributed by atoms with Crippen molar-refractivity contribution in [3.05, 3.63) is 101 Å². The topological polar surface area (TPSA) is 84.0 Å². The van der Waals surface area contributed by atoms with E-state index in [2.05, 4.69) is 0 Å². The number of anilines is 1. The number of carbonyl (C=O) groups is 4. The van der Waals surface area contributed by atoms with E-state index in [1.165, 1.54) is 36.3 Å². The third kappa shape index (κ3) is 4.99. The molecule has 3 aromatic rings. The maximum Gasteiger partial charge on any atom is 0.337 e. The molecule has 0 bridgehead atoms. The fourth-order valence-electron chi connectivity index (χ4n) is 4.26. The number of hydrogen-bond donors (Lipinski definition) is 0. The summed E-state index contributed by atoms with van der Waals surface area (Å²) in [4.78, 5) is 54.4. The van der Waals surface area contributed by atoms with Crippen molar-refractivity contribution in [1.82, 2.24) is 4.90 Å². The van der Waals surface area contributed by atoms with Crippen LogP contribution in [0.1, 0.15) is 38.3 Å². The first-order valence-corrected chi connectivity index (χ1v) is 11.4. The summed E-state index contributed by atoms with van der Waals surface area (Å²) >= 11 is 0. The van der Waals surface area contributed by atoms with Gasteiger partial charge in [-0.15, -0.1) is 0 Å². The molecule has 1 fully saturated rings. The van der Waals surface area contributed by atoms with Crippen molar-refractivity contribution in [2.45, 2.75) is 25.8 Å². The molecular weight excluding hydrogens is 444 g/mol. The molecule has 35 heavy (non-hydrogen) atoms. The lowest BCUT2D eigenvalue weighted by atomic mass is 10.0. The molecule has 1 heterocycles. The van der Waals surface area contributed by atoms with E-state index in [0.717, 1.165) is 16.0 Å². The highest BCUT2D eigenvalue weighted by atomic mass is 16.5. The Hall–Kier alpha value is -4.26. The molecule has 7 heteroatoms. The minimum atomic E-state index is -0.918. The van der Waals surface area contributed by atoms with E-state index in [1.807, 2.05) is 49.4 Å². The minimum Gasteiger partial charge on any atom is -0.465 e. The van der Waals surface area contributed by atoms with Gasteiger partial charge in [-0.05, 0) is 54.8 Å². The maximum absolute atomic E-state index is 13.6. The van der Waals surface area contributed by atoms with Gasteiger partial charge in [0, 0.05) is 12.1 Å². The molecule has 1 unspecified atom stereocenters. The number of amides is 3. The SMILES string of the molecule is COC(=O)c1ccc(N2C(=O)CC(N(CCc3ccccc3)C(=O)c3ccccc3C)C2=O)cc1. The zero-order valence-corrected chi connectivity index (χ0v) is 19.6. The van der Waals surface area contributed by atoms with Crippen LogP contribution in [0.2, 0.25) is 0 Å². The Morgan fingerprint density at radius 1 is 0.943 bits per heavy atom. The first kappa shape index (κ1) is 23.9. The zero-order chi connectivity index (χ0) is 24.9. The highest BCUT2D eigenvalue weighted by Gasteiger charge is 2.44. The molecular formula is C28H26N2O5. The molecule has 0 radical (unpaired) electrons. The number of aryl methyl sites for hydroxylation is 1. The van der Waals surface area contributed by atoms with Gasteiger partial charge in [0.25, 0.3) is 11.8 Å². The number of ether oxygens (including phenoxy) is 1. The predicted octanol–water partition coefficient (Wildman–Crippen LogP) is 3.80. The normalized spacial score (nSPS) is 15.3. The molecule has 0 aromatic heterocycles. The smallest absolute Gasteiger partial charge is 0.337 e. The fourth-order valence-corrected chi connectivity index (χ4v) is 4.26. The van der Waals surface area contributed by atoms with Crippen molar-refractivity contribution in [2.75, 3.05) is 18.6 Å².